The van der Waals surface area contributed by atoms with Gasteiger partial charge >= 0.3 is 12.2 Å². The first-order chi connectivity index (χ1) is 13.1. The van der Waals surface area contributed by atoms with Crippen LogP contribution in [-0.2, 0) is 19.8 Å². The summed E-state index contributed by atoms with van der Waals surface area (Å²) in [5.74, 6) is -0.373. The van der Waals surface area contributed by atoms with Gasteiger partial charge in [-0.15, -0.1) is 0 Å². The van der Waals surface area contributed by atoms with Crippen LogP contribution in [0.1, 0.15) is 53.5 Å². The molecule has 154 valence electrons. The lowest BCUT2D eigenvalue weighted by Crippen LogP contribution is -2.62. The Bertz CT molecular complexity index is 747. The molecule has 1 aliphatic heterocycles. The molecule has 1 aliphatic rings. The molecule has 2 N–H and O–H groups in total. The molecule has 0 saturated heterocycles. The van der Waals surface area contributed by atoms with Gasteiger partial charge in [0.1, 0.15) is 0 Å². The van der Waals surface area contributed by atoms with E-state index in [9.17, 15) is 14.4 Å². The van der Waals surface area contributed by atoms with E-state index in [4.69, 9.17) is 9.47 Å². The van der Waals surface area contributed by atoms with E-state index in [1.807, 2.05) is 13.8 Å². The molecule has 8 heteroatoms. The van der Waals surface area contributed by atoms with Crippen molar-refractivity contribution in [2.24, 2.45) is 5.92 Å². The van der Waals surface area contributed by atoms with E-state index >= 15 is 0 Å². The Kier molecular flexibility index (Phi) is 6.53. The number of rotatable bonds is 5. The summed E-state index contributed by atoms with van der Waals surface area (Å²) >= 11 is 0. The topological polar surface area (TPSA) is 97.0 Å². The number of ether oxygens (including phenoxy) is 2. The first kappa shape index (κ1) is 21.5. The predicted molar refractivity (Wildman–Crippen MR) is 104 cm³/mol. The van der Waals surface area contributed by atoms with Crippen molar-refractivity contribution in [3.05, 3.63) is 29.8 Å². The number of anilines is 1. The van der Waals surface area contributed by atoms with Crippen molar-refractivity contribution in [2.75, 3.05) is 5.32 Å². The quantitative estimate of drug-likeness (QED) is 0.745. The third-order valence-corrected chi connectivity index (χ3v) is 4.15. The van der Waals surface area contributed by atoms with E-state index in [-0.39, 0.29) is 12.3 Å². The zero-order chi connectivity index (χ0) is 21.1. The number of hydrazine groups is 1. The van der Waals surface area contributed by atoms with Crippen molar-refractivity contribution in [1.82, 2.24) is 10.4 Å². The van der Waals surface area contributed by atoms with Crippen molar-refractivity contribution in [2.45, 2.75) is 65.7 Å². The molecule has 0 spiro atoms. The van der Waals surface area contributed by atoms with Gasteiger partial charge in [-0.25, -0.2) is 15.0 Å². The van der Waals surface area contributed by atoms with E-state index in [0.29, 0.717) is 11.3 Å². The summed E-state index contributed by atoms with van der Waals surface area (Å²) in [5, 5.41) is 3.79. The van der Waals surface area contributed by atoms with Crippen LogP contribution in [0.5, 0.6) is 0 Å². The third kappa shape index (κ3) is 4.37. The van der Waals surface area contributed by atoms with Gasteiger partial charge in [0, 0.05) is 11.3 Å². The summed E-state index contributed by atoms with van der Waals surface area (Å²) in [7, 11) is 0. The molecule has 1 aromatic rings. The maximum Gasteiger partial charge on any atom is 0.430 e. The fraction of sp³-hybridized carbons (Fsp3) is 0.550. The van der Waals surface area contributed by atoms with E-state index in [2.05, 4.69) is 10.7 Å². The molecule has 1 unspecified atom stereocenters. The minimum absolute atomic E-state index is 0.0363. The number of hydrogen-bond donors (Lipinski definition) is 2. The van der Waals surface area contributed by atoms with Crippen LogP contribution in [-0.4, -0.2) is 35.3 Å². The van der Waals surface area contributed by atoms with Crippen LogP contribution in [0.15, 0.2) is 24.3 Å². The van der Waals surface area contributed by atoms with Gasteiger partial charge in [0.15, 0.2) is 5.54 Å². The smallest absolute Gasteiger partial charge is 0.430 e. The monoisotopic (exact) mass is 391 g/mol. The zero-order valence-corrected chi connectivity index (χ0v) is 17.2. The molecule has 28 heavy (non-hydrogen) atoms. The molecule has 1 atom stereocenters. The summed E-state index contributed by atoms with van der Waals surface area (Å²) in [5.41, 5.74) is 2.19. The Hall–Kier alpha value is -2.77. The van der Waals surface area contributed by atoms with Gasteiger partial charge in [0.2, 0.25) is 0 Å². The van der Waals surface area contributed by atoms with Crippen molar-refractivity contribution >= 4 is 23.8 Å². The first-order valence-corrected chi connectivity index (χ1v) is 9.47. The molecule has 0 aliphatic carbocycles. The number of nitrogens with zero attached hydrogens (tertiary/aromatic N) is 1. The molecular weight excluding hydrogens is 362 g/mol. The molecule has 8 nitrogen and oxygen atoms in total. The normalized spacial score (nSPS) is 18.1. The summed E-state index contributed by atoms with van der Waals surface area (Å²) < 4.78 is 10.5. The van der Waals surface area contributed by atoms with Gasteiger partial charge in [-0.2, -0.15) is 5.01 Å². The number of amides is 3. The largest absolute Gasteiger partial charge is 0.446 e. The number of benzene rings is 1. The van der Waals surface area contributed by atoms with Crippen LogP contribution < -0.4 is 10.7 Å². The molecule has 0 fully saturated rings. The summed E-state index contributed by atoms with van der Waals surface area (Å²) in [6.07, 6.45) is -2.22. The lowest BCUT2D eigenvalue weighted by atomic mass is 9.82. The van der Waals surface area contributed by atoms with E-state index in [1.165, 1.54) is 0 Å². The van der Waals surface area contributed by atoms with E-state index < -0.39 is 35.8 Å². The predicted octanol–water partition coefficient (Wildman–Crippen LogP) is 3.78. The van der Waals surface area contributed by atoms with Crippen LogP contribution in [0, 0.1) is 5.92 Å². The maximum absolute atomic E-state index is 13.2. The molecule has 0 saturated carbocycles. The van der Waals surface area contributed by atoms with Gasteiger partial charge < -0.3 is 14.8 Å². The summed E-state index contributed by atoms with van der Waals surface area (Å²) in [4.78, 5) is 38.5. The van der Waals surface area contributed by atoms with Gasteiger partial charge in [0.25, 0.3) is 5.91 Å². The standard InChI is InChI=1S/C20H29N3O5/c1-12(2)11-20(15-9-7-8-10-16(15)21-17(20)24)23(19(26)28-14(5)6)22-18(25)27-13(3)4/h7-10,12-14H,11H2,1-6H3,(H,21,24)(H,22,25). The van der Waals surface area contributed by atoms with E-state index in [0.717, 1.165) is 5.01 Å². The molecular formula is C20H29N3O5. The molecule has 1 heterocycles. The molecule has 2 rings (SSSR count). The fourth-order valence-corrected chi connectivity index (χ4v) is 3.29. The van der Waals surface area contributed by atoms with Crippen LogP contribution in [0.2, 0.25) is 0 Å². The van der Waals surface area contributed by atoms with Crippen molar-refractivity contribution in [3.63, 3.8) is 0 Å². The lowest BCUT2D eigenvalue weighted by molar-refractivity contribution is -0.130. The number of para-hydroxylation sites is 1. The second-order valence-electron chi connectivity index (χ2n) is 7.79. The highest BCUT2D eigenvalue weighted by atomic mass is 16.6. The zero-order valence-electron chi connectivity index (χ0n) is 17.2. The highest BCUT2D eigenvalue weighted by Gasteiger charge is 2.55. The second-order valence-corrected chi connectivity index (χ2v) is 7.79. The minimum Gasteiger partial charge on any atom is -0.446 e. The van der Waals surface area contributed by atoms with E-state index in [1.54, 1.807) is 52.0 Å². The van der Waals surface area contributed by atoms with Gasteiger partial charge in [-0.3, -0.25) is 4.79 Å². The van der Waals surface area contributed by atoms with Gasteiger partial charge in [0.05, 0.1) is 12.2 Å². The van der Waals surface area contributed by atoms with Crippen LogP contribution in [0.25, 0.3) is 0 Å². The average molecular weight is 391 g/mol. The summed E-state index contributed by atoms with van der Waals surface area (Å²) in [6, 6.07) is 7.10. The Balaban J connectivity index is 2.57. The van der Waals surface area contributed by atoms with Crippen LogP contribution >= 0.6 is 0 Å². The Morgan fingerprint density at radius 1 is 1.07 bits per heavy atom. The van der Waals surface area contributed by atoms with Gasteiger partial charge in [-0.05, 0) is 46.1 Å². The Morgan fingerprint density at radius 2 is 1.68 bits per heavy atom. The number of fused-ring (bicyclic) bond motifs is 1. The Morgan fingerprint density at radius 3 is 2.25 bits per heavy atom. The molecule has 0 bridgehead atoms. The van der Waals surface area contributed by atoms with Crippen molar-refractivity contribution in [1.29, 1.82) is 0 Å². The number of carbonyl (C=O) groups is 3. The maximum atomic E-state index is 13.2. The van der Waals surface area contributed by atoms with Gasteiger partial charge in [-0.1, -0.05) is 32.0 Å². The molecule has 0 radical (unpaired) electrons. The second kappa shape index (κ2) is 8.50. The molecule has 0 aromatic heterocycles. The molecule has 3 amide bonds. The first-order valence-electron chi connectivity index (χ1n) is 9.47. The molecule has 1 aromatic carbocycles. The lowest BCUT2D eigenvalue weighted by Gasteiger charge is -2.39. The number of nitrogens with one attached hydrogen (secondary N) is 2. The highest BCUT2D eigenvalue weighted by Crippen LogP contribution is 2.44. The number of hydrogen-bond acceptors (Lipinski definition) is 5. The summed E-state index contributed by atoms with van der Waals surface area (Å²) in [6.45, 7) is 10.7. The SMILES string of the molecule is CC(C)CC1(N(NC(=O)OC(C)C)C(=O)OC(C)C)C(=O)Nc2ccccc21. The van der Waals surface area contributed by atoms with Crippen LogP contribution in [0.3, 0.4) is 0 Å². The van der Waals surface area contributed by atoms with Crippen molar-refractivity contribution in [3.8, 4) is 0 Å². The average Bonchev–Trinajstić information content (AvgIpc) is 2.83. The Labute approximate surface area is 165 Å². The highest BCUT2D eigenvalue weighted by molar-refractivity contribution is 6.07. The van der Waals surface area contributed by atoms with Crippen LogP contribution in [0.4, 0.5) is 15.3 Å². The number of carbonyl (C=O) groups excluding carboxylic acids is 3. The van der Waals surface area contributed by atoms with Crippen molar-refractivity contribution < 1.29 is 23.9 Å². The minimum atomic E-state index is -1.45. The fourth-order valence-electron chi connectivity index (χ4n) is 3.29. The third-order valence-electron chi connectivity index (χ3n) is 4.15.